The molecule has 1 heterocycles. The minimum Gasteiger partial charge on any atom is -0.483 e. The fraction of sp³-hybridized carbons (Fsp3) is 0.333. The van der Waals surface area contributed by atoms with Gasteiger partial charge in [0.1, 0.15) is 5.75 Å². The third kappa shape index (κ3) is 3.87. The Kier molecular flexibility index (Phi) is 5.56. The average molecular weight is 353 g/mol. The van der Waals surface area contributed by atoms with Crippen molar-refractivity contribution in [2.24, 2.45) is 5.92 Å². The minimum absolute atomic E-state index is 0.0785. The molecule has 2 aromatic rings. The fourth-order valence-corrected chi connectivity index (χ4v) is 3.46. The van der Waals surface area contributed by atoms with Gasteiger partial charge in [0.15, 0.2) is 6.61 Å². The molecule has 0 aliphatic carbocycles. The summed E-state index contributed by atoms with van der Waals surface area (Å²) in [6.45, 7) is 2.57. The summed E-state index contributed by atoms with van der Waals surface area (Å²) in [5.41, 5.74) is 2.00. The van der Waals surface area contributed by atoms with Crippen LogP contribution in [0.4, 0.5) is 0 Å². The number of para-hydroxylation sites is 1. The van der Waals surface area contributed by atoms with Crippen LogP contribution in [0, 0.1) is 5.92 Å². The largest absolute Gasteiger partial charge is 0.483 e. The number of carbonyl (C=O) groups is 2. The van der Waals surface area contributed by atoms with Crippen molar-refractivity contribution in [1.82, 2.24) is 4.90 Å². The summed E-state index contributed by atoms with van der Waals surface area (Å²) in [5.74, 6) is -1.13. The van der Waals surface area contributed by atoms with Gasteiger partial charge in [-0.25, -0.2) is 0 Å². The molecule has 1 fully saturated rings. The summed E-state index contributed by atoms with van der Waals surface area (Å²) in [6, 6.07) is 17.2. The van der Waals surface area contributed by atoms with E-state index in [1.165, 1.54) is 0 Å². The van der Waals surface area contributed by atoms with Crippen molar-refractivity contribution in [2.45, 2.75) is 19.3 Å². The predicted octanol–water partition coefficient (Wildman–Crippen LogP) is 2.95. The van der Waals surface area contributed by atoms with Gasteiger partial charge in [-0.05, 0) is 23.6 Å². The number of carboxylic acids is 1. The Morgan fingerprint density at radius 3 is 2.46 bits per heavy atom. The van der Waals surface area contributed by atoms with Crippen LogP contribution in [0.1, 0.15) is 24.0 Å². The molecule has 0 saturated carbocycles. The Balaban J connectivity index is 1.67. The molecule has 2 aromatic carbocycles. The van der Waals surface area contributed by atoms with Gasteiger partial charge in [-0.3, -0.25) is 9.59 Å². The number of benzene rings is 2. The molecule has 5 heteroatoms. The van der Waals surface area contributed by atoms with E-state index in [-0.39, 0.29) is 25.0 Å². The molecule has 136 valence electrons. The Labute approximate surface area is 153 Å². The van der Waals surface area contributed by atoms with Crippen molar-refractivity contribution in [1.29, 1.82) is 0 Å². The highest BCUT2D eigenvalue weighted by molar-refractivity contribution is 5.80. The van der Waals surface area contributed by atoms with Gasteiger partial charge in [-0.2, -0.15) is 0 Å². The number of amides is 1. The fourth-order valence-electron chi connectivity index (χ4n) is 3.46. The van der Waals surface area contributed by atoms with E-state index in [1.807, 2.05) is 61.5 Å². The summed E-state index contributed by atoms with van der Waals surface area (Å²) < 4.78 is 5.70. The van der Waals surface area contributed by atoms with Gasteiger partial charge in [0.25, 0.3) is 5.91 Å². The number of nitrogens with zero attached hydrogens (tertiary/aromatic N) is 1. The molecule has 1 aliphatic heterocycles. The first-order valence-electron chi connectivity index (χ1n) is 8.86. The van der Waals surface area contributed by atoms with Crippen LogP contribution in [0.5, 0.6) is 5.75 Å². The molecule has 26 heavy (non-hydrogen) atoms. The second kappa shape index (κ2) is 8.04. The Morgan fingerprint density at radius 1 is 1.08 bits per heavy atom. The molecule has 5 nitrogen and oxygen atoms in total. The van der Waals surface area contributed by atoms with E-state index in [9.17, 15) is 14.7 Å². The van der Waals surface area contributed by atoms with E-state index in [1.54, 1.807) is 4.90 Å². The lowest BCUT2D eigenvalue weighted by atomic mass is 9.89. The first kappa shape index (κ1) is 18.0. The highest BCUT2D eigenvalue weighted by Gasteiger charge is 2.40. The van der Waals surface area contributed by atoms with Gasteiger partial charge in [0.05, 0.1) is 5.92 Å². The summed E-state index contributed by atoms with van der Waals surface area (Å²) in [7, 11) is 0. The molecule has 1 saturated heterocycles. The quantitative estimate of drug-likeness (QED) is 0.867. The molecular formula is C21H23NO4. The number of likely N-dealkylation sites (tertiary alicyclic amines) is 1. The van der Waals surface area contributed by atoms with E-state index >= 15 is 0 Å². The van der Waals surface area contributed by atoms with Crippen LogP contribution in [-0.4, -0.2) is 41.6 Å². The number of aryl methyl sites for hydroxylation is 1. The van der Waals surface area contributed by atoms with E-state index < -0.39 is 11.9 Å². The minimum atomic E-state index is -0.869. The van der Waals surface area contributed by atoms with E-state index in [4.69, 9.17) is 4.74 Å². The Hall–Kier alpha value is -2.82. The van der Waals surface area contributed by atoms with Gasteiger partial charge >= 0.3 is 5.97 Å². The van der Waals surface area contributed by atoms with Crippen LogP contribution < -0.4 is 4.74 Å². The van der Waals surface area contributed by atoms with E-state index in [0.29, 0.717) is 12.3 Å². The molecule has 1 N–H and O–H groups in total. The zero-order valence-corrected chi connectivity index (χ0v) is 14.8. The third-order valence-electron chi connectivity index (χ3n) is 4.92. The zero-order chi connectivity index (χ0) is 18.5. The Morgan fingerprint density at radius 2 is 1.77 bits per heavy atom. The summed E-state index contributed by atoms with van der Waals surface area (Å²) in [4.78, 5) is 25.8. The normalized spacial score (nSPS) is 19.3. The topological polar surface area (TPSA) is 66.8 Å². The molecule has 0 radical (unpaired) electrons. The van der Waals surface area contributed by atoms with E-state index in [2.05, 4.69) is 0 Å². The number of hydrogen-bond donors (Lipinski definition) is 1. The smallest absolute Gasteiger partial charge is 0.308 e. The Bertz CT molecular complexity index is 775. The number of hydrogen-bond acceptors (Lipinski definition) is 3. The summed E-state index contributed by atoms with van der Waals surface area (Å²) in [6.07, 6.45) is 0.825. The number of ether oxygens (including phenoxy) is 1. The van der Waals surface area contributed by atoms with Crippen molar-refractivity contribution in [3.8, 4) is 5.75 Å². The van der Waals surface area contributed by atoms with Crippen LogP contribution in [0.25, 0.3) is 0 Å². The zero-order valence-electron chi connectivity index (χ0n) is 14.8. The summed E-state index contributed by atoms with van der Waals surface area (Å²) in [5, 5.41) is 9.55. The summed E-state index contributed by atoms with van der Waals surface area (Å²) >= 11 is 0. The number of rotatable bonds is 6. The van der Waals surface area contributed by atoms with Crippen molar-refractivity contribution in [3.63, 3.8) is 0 Å². The van der Waals surface area contributed by atoms with Crippen LogP contribution >= 0.6 is 0 Å². The second-order valence-corrected chi connectivity index (χ2v) is 6.51. The third-order valence-corrected chi connectivity index (χ3v) is 4.92. The lowest BCUT2D eigenvalue weighted by Gasteiger charge is -2.17. The van der Waals surface area contributed by atoms with Crippen molar-refractivity contribution >= 4 is 11.9 Å². The van der Waals surface area contributed by atoms with E-state index in [0.717, 1.165) is 17.5 Å². The predicted molar refractivity (Wildman–Crippen MR) is 98.2 cm³/mol. The number of carbonyl (C=O) groups excluding carboxylic acids is 1. The molecule has 1 amide bonds. The maximum atomic E-state index is 12.6. The number of aliphatic carboxylic acids is 1. The molecule has 0 bridgehead atoms. The van der Waals surface area contributed by atoms with Crippen LogP contribution in [0.15, 0.2) is 54.6 Å². The lowest BCUT2D eigenvalue weighted by Crippen LogP contribution is -2.34. The average Bonchev–Trinajstić information content (AvgIpc) is 3.13. The van der Waals surface area contributed by atoms with Crippen molar-refractivity contribution in [3.05, 3.63) is 65.7 Å². The monoisotopic (exact) mass is 353 g/mol. The van der Waals surface area contributed by atoms with Gasteiger partial charge in [0, 0.05) is 19.0 Å². The molecule has 3 rings (SSSR count). The maximum absolute atomic E-state index is 12.6. The van der Waals surface area contributed by atoms with Gasteiger partial charge < -0.3 is 14.7 Å². The van der Waals surface area contributed by atoms with Gasteiger partial charge in [0.2, 0.25) is 0 Å². The lowest BCUT2D eigenvalue weighted by molar-refractivity contribution is -0.142. The highest BCUT2D eigenvalue weighted by Crippen LogP contribution is 2.33. The maximum Gasteiger partial charge on any atom is 0.308 e. The molecule has 0 spiro atoms. The molecule has 0 aromatic heterocycles. The van der Waals surface area contributed by atoms with Crippen LogP contribution in [0.2, 0.25) is 0 Å². The first-order chi connectivity index (χ1) is 12.6. The van der Waals surface area contributed by atoms with Crippen LogP contribution in [0.3, 0.4) is 0 Å². The molecule has 2 unspecified atom stereocenters. The van der Waals surface area contributed by atoms with Gasteiger partial charge in [-0.1, -0.05) is 55.5 Å². The number of carboxylic acid groups (broad SMARTS) is 1. The van der Waals surface area contributed by atoms with Crippen molar-refractivity contribution in [2.75, 3.05) is 19.7 Å². The first-order valence-corrected chi connectivity index (χ1v) is 8.86. The molecule has 1 aliphatic rings. The highest BCUT2D eigenvalue weighted by atomic mass is 16.5. The second-order valence-electron chi connectivity index (χ2n) is 6.51. The van der Waals surface area contributed by atoms with Crippen LogP contribution in [-0.2, 0) is 16.0 Å². The van der Waals surface area contributed by atoms with Crippen molar-refractivity contribution < 1.29 is 19.4 Å². The standard InChI is InChI=1S/C21H23NO4/c1-2-15-8-6-7-11-19(15)26-14-20(23)22-12-17(18(13-22)21(24)25)16-9-4-3-5-10-16/h3-11,17-18H,2,12-14H2,1H3,(H,24,25). The molecular weight excluding hydrogens is 330 g/mol. The molecule has 2 atom stereocenters. The van der Waals surface area contributed by atoms with Gasteiger partial charge in [-0.15, -0.1) is 0 Å². The SMILES string of the molecule is CCc1ccccc1OCC(=O)N1CC(C(=O)O)C(c2ccccc2)C1.